The molecule has 1 heterocycles. The summed E-state index contributed by atoms with van der Waals surface area (Å²) in [6.07, 6.45) is 2.59. The smallest absolute Gasteiger partial charge is 0.322 e. The van der Waals surface area contributed by atoms with Crippen molar-refractivity contribution in [2.75, 3.05) is 13.7 Å². The third kappa shape index (κ3) is 4.35. The van der Waals surface area contributed by atoms with Gasteiger partial charge in [0.25, 0.3) is 0 Å². The van der Waals surface area contributed by atoms with Crippen LogP contribution in [0.15, 0.2) is 6.07 Å². The van der Waals surface area contributed by atoms with Crippen LogP contribution in [0, 0.1) is 0 Å². The lowest BCUT2D eigenvalue weighted by molar-refractivity contribution is -0.143. The van der Waals surface area contributed by atoms with E-state index in [2.05, 4.69) is 30.3 Å². The molecular formula is C14H25N3O2. The molecule has 1 unspecified atom stereocenters. The van der Waals surface area contributed by atoms with Gasteiger partial charge in [0, 0.05) is 12.2 Å². The number of nitrogens with zero attached hydrogens (tertiary/aromatic N) is 2. The van der Waals surface area contributed by atoms with Crippen LogP contribution >= 0.6 is 0 Å². The maximum atomic E-state index is 11.6. The first-order valence-electron chi connectivity index (χ1n) is 7.02. The maximum Gasteiger partial charge on any atom is 0.322 e. The number of carbonyl (C=O) groups excluding carboxylic acids is 1. The number of nitrogens with one attached hydrogen (secondary N) is 1. The van der Waals surface area contributed by atoms with E-state index in [9.17, 15) is 4.79 Å². The number of likely N-dealkylation sites (N-methyl/N-ethyl adjacent to an activating group) is 1. The Morgan fingerprint density at radius 3 is 2.68 bits per heavy atom. The van der Waals surface area contributed by atoms with E-state index in [4.69, 9.17) is 4.74 Å². The van der Waals surface area contributed by atoms with E-state index in [0.29, 0.717) is 6.42 Å². The maximum absolute atomic E-state index is 11.6. The van der Waals surface area contributed by atoms with E-state index < -0.39 is 0 Å². The molecule has 0 saturated heterocycles. The van der Waals surface area contributed by atoms with E-state index >= 15 is 0 Å². The lowest BCUT2D eigenvalue weighted by Crippen LogP contribution is -2.38. The molecule has 1 aromatic heterocycles. The number of aromatic nitrogens is 2. The quantitative estimate of drug-likeness (QED) is 0.726. The van der Waals surface area contributed by atoms with Gasteiger partial charge in [0.15, 0.2) is 0 Å². The normalized spacial score (nSPS) is 12.4. The van der Waals surface area contributed by atoms with Gasteiger partial charge < -0.3 is 10.1 Å². The standard InChI is InChI=1S/C14H25N3O2/c1-5-11-10-12(6-2)17(16-11)9-8-13(15-7-3)14(18)19-4/h10,13,15H,5-9H2,1-4H3. The van der Waals surface area contributed by atoms with Gasteiger partial charge in [0.05, 0.1) is 12.8 Å². The van der Waals surface area contributed by atoms with Gasteiger partial charge in [-0.25, -0.2) is 0 Å². The molecular weight excluding hydrogens is 242 g/mol. The number of ether oxygens (including phenoxy) is 1. The number of hydrogen-bond acceptors (Lipinski definition) is 4. The van der Waals surface area contributed by atoms with Gasteiger partial charge in [0.1, 0.15) is 6.04 Å². The number of esters is 1. The summed E-state index contributed by atoms with van der Waals surface area (Å²) < 4.78 is 6.81. The first-order chi connectivity index (χ1) is 9.15. The second kappa shape index (κ2) is 7.94. The Bertz CT molecular complexity index is 401. The van der Waals surface area contributed by atoms with E-state index in [0.717, 1.165) is 31.6 Å². The highest BCUT2D eigenvalue weighted by atomic mass is 16.5. The van der Waals surface area contributed by atoms with Gasteiger partial charge in [-0.3, -0.25) is 9.48 Å². The van der Waals surface area contributed by atoms with Crippen molar-refractivity contribution >= 4 is 5.97 Å². The molecule has 0 aliphatic carbocycles. The molecule has 0 aliphatic heterocycles. The predicted molar refractivity (Wildman–Crippen MR) is 75.1 cm³/mol. The van der Waals surface area contributed by atoms with Crippen LogP contribution in [-0.4, -0.2) is 35.4 Å². The van der Waals surface area contributed by atoms with Crippen molar-refractivity contribution in [3.8, 4) is 0 Å². The molecule has 0 amide bonds. The zero-order valence-corrected chi connectivity index (χ0v) is 12.4. The van der Waals surface area contributed by atoms with Crippen LogP contribution in [0.4, 0.5) is 0 Å². The van der Waals surface area contributed by atoms with Crippen LogP contribution in [0.5, 0.6) is 0 Å². The monoisotopic (exact) mass is 267 g/mol. The first kappa shape index (κ1) is 15.7. The molecule has 1 atom stereocenters. The zero-order valence-electron chi connectivity index (χ0n) is 12.4. The van der Waals surface area contributed by atoms with Crippen molar-refractivity contribution in [3.05, 3.63) is 17.5 Å². The number of rotatable bonds is 8. The lowest BCUT2D eigenvalue weighted by Gasteiger charge is -2.15. The summed E-state index contributed by atoms with van der Waals surface area (Å²) in [5, 5.41) is 7.70. The van der Waals surface area contributed by atoms with Crippen LogP contribution in [-0.2, 0) is 28.9 Å². The van der Waals surface area contributed by atoms with Gasteiger partial charge in [-0.05, 0) is 31.9 Å². The summed E-state index contributed by atoms with van der Waals surface area (Å²) in [6.45, 7) is 7.68. The summed E-state index contributed by atoms with van der Waals surface area (Å²) in [5.74, 6) is -0.206. The SMILES string of the molecule is CCNC(CCn1nc(CC)cc1CC)C(=O)OC. The summed E-state index contributed by atoms with van der Waals surface area (Å²) in [4.78, 5) is 11.6. The minimum Gasteiger partial charge on any atom is -0.468 e. The van der Waals surface area contributed by atoms with Crippen LogP contribution < -0.4 is 5.32 Å². The number of methoxy groups -OCH3 is 1. The average Bonchev–Trinajstić information content (AvgIpc) is 2.85. The van der Waals surface area contributed by atoms with Crippen molar-refractivity contribution in [1.29, 1.82) is 0 Å². The summed E-state index contributed by atoms with van der Waals surface area (Å²) in [7, 11) is 1.42. The molecule has 0 aromatic carbocycles. The fourth-order valence-corrected chi connectivity index (χ4v) is 2.11. The Morgan fingerprint density at radius 1 is 1.42 bits per heavy atom. The molecule has 108 valence electrons. The number of hydrogen-bond donors (Lipinski definition) is 1. The van der Waals surface area contributed by atoms with Gasteiger partial charge in [-0.1, -0.05) is 20.8 Å². The van der Waals surface area contributed by atoms with Gasteiger partial charge >= 0.3 is 5.97 Å². The van der Waals surface area contributed by atoms with Crippen molar-refractivity contribution in [2.24, 2.45) is 0 Å². The molecule has 19 heavy (non-hydrogen) atoms. The third-order valence-corrected chi connectivity index (χ3v) is 3.20. The molecule has 0 saturated carbocycles. The minimum absolute atomic E-state index is 0.206. The summed E-state index contributed by atoms with van der Waals surface area (Å²) in [6, 6.07) is 1.88. The second-order valence-corrected chi connectivity index (χ2v) is 4.48. The molecule has 0 spiro atoms. The molecule has 0 bridgehead atoms. The molecule has 5 heteroatoms. The molecule has 1 N–H and O–H groups in total. The molecule has 1 aromatic rings. The number of aryl methyl sites for hydroxylation is 3. The predicted octanol–water partition coefficient (Wildman–Crippen LogP) is 1.55. The molecule has 0 fully saturated rings. The van der Waals surface area contributed by atoms with Crippen molar-refractivity contribution < 1.29 is 9.53 Å². The fourth-order valence-electron chi connectivity index (χ4n) is 2.11. The Hall–Kier alpha value is -1.36. The van der Waals surface area contributed by atoms with E-state index in [1.54, 1.807) is 0 Å². The molecule has 0 aliphatic rings. The topological polar surface area (TPSA) is 56.2 Å². The first-order valence-corrected chi connectivity index (χ1v) is 7.02. The lowest BCUT2D eigenvalue weighted by atomic mass is 10.2. The van der Waals surface area contributed by atoms with E-state index in [1.807, 2.05) is 11.6 Å². The molecule has 5 nitrogen and oxygen atoms in total. The van der Waals surface area contributed by atoms with E-state index in [-0.39, 0.29) is 12.0 Å². The minimum atomic E-state index is -0.256. The Kier molecular flexibility index (Phi) is 6.56. The largest absolute Gasteiger partial charge is 0.468 e. The van der Waals surface area contributed by atoms with Crippen molar-refractivity contribution in [3.63, 3.8) is 0 Å². The Balaban J connectivity index is 2.67. The van der Waals surface area contributed by atoms with Gasteiger partial charge in [-0.2, -0.15) is 5.10 Å². The fraction of sp³-hybridized carbons (Fsp3) is 0.714. The van der Waals surface area contributed by atoms with Crippen molar-refractivity contribution in [1.82, 2.24) is 15.1 Å². The van der Waals surface area contributed by atoms with Gasteiger partial charge in [0.2, 0.25) is 0 Å². The summed E-state index contributed by atoms with van der Waals surface area (Å²) >= 11 is 0. The highest BCUT2D eigenvalue weighted by molar-refractivity contribution is 5.75. The highest BCUT2D eigenvalue weighted by Crippen LogP contribution is 2.08. The number of carbonyl (C=O) groups is 1. The Morgan fingerprint density at radius 2 is 2.16 bits per heavy atom. The van der Waals surface area contributed by atoms with Crippen LogP contribution in [0.25, 0.3) is 0 Å². The van der Waals surface area contributed by atoms with Crippen LogP contribution in [0.3, 0.4) is 0 Å². The second-order valence-electron chi connectivity index (χ2n) is 4.48. The van der Waals surface area contributed by atoms with Crippen LogP contribution in [0.1, 0.15) is 38.6 Å². The summed E-state index contributed by atoms with van der Waals surface area (Å²) in [5.41, 5.74) is 2.33. The van der Waals surface area contributed by atoms with Gasteiger partial charge in [-0.15, -0.1) is 0 Å². The average molecular weight is 267 g/mol. The highest BCUT2D eigenvalue weighted by Gasteiger charge is 2.18. The van der Waals surface area contributed by atoms with E-state index in [1.165, 1.54) is 12.8 Å². The van der Waals surface area contributed by atoms with Crippen molar-refractivity contribution in [2.45, 2.75) is 52.6 Å². The van der Waals surface area contributed by atoms with Crippen LogP contribution in [0.2, 0.25) is 0 Å². The zero-order chi connectivity index (χ0) is 14.3. The Labute approximate surface area is 115 Å². The third-order valence-electron chi connectivity index (χ3n) is 3.20. The molecule has 1 rings (SSSR count). The molecule has 0 radical (unpaired) electrons.